The highest BCUT2D eigenvalue weighted by Crippen LogP contribution is 2.34. The smallest absolute Gasteiger partial charge is 0.264 e. The molecule has 0 bridgehead atoms. The van der Waals surface area contributed by atoms with Crippen LogP contribution in [0.1, 0.15) is 11.1 Å². The summed E-state index contributed by atoms with van der Waals surface area (Å²) in [7, 11) is 1.61. The van der Waals surface area contributed by atoms with Crippen molar-refractivity contribution < 1.29 is 14.3 Å². The molecule has 124 valence electrons. The second-order valence-electron chi connectivity index (χ2n) is 5.38. The number of aromatic nitrogens is 1. The van der Waals surface area contributed by atoms with Crippen molar-refractivity contribution in [2.75, 3.05) is 19.0 Å². The summed E-state index contributed by atoms with van der Waals surface area (Å²) in [5.41, 5.74) is 2.85. The van der Waals surface area contributed by atoms with Crippen LogP contribution in [0.5, 0.6) is 11.5 Å². The summed E-state index contributed by atoms with van der Waals surface area (Å²) in [6.45, 7) is 3.89. The van der Waals surface area contributed by atoms with Gasteiger partial charge in [-0.3, -0.25) is 10.1 Å². The van der Waals surface area contributed by atoms with Crippen LogP contribution in [0.25, 0.3) is 10.2 Å². The van der Waals surface area contributed by atoms with Crippen molar-refractivity contribution in [3.05, 3.63) is 47.5 Å². The van der Waals surface area contributed by atoms with Gasteiger partial charge >= 0.3 is 0 Å². The molecule has 3 rings (SSSR count). The lowest BCUT2D eigenvalue weighted by Gasteiger charge is -2.07. The molecule has 0 radical (unpaired) electrons. The van der Waals surface area contributed by atoms with Gasteiger partial charge in [-0.15, -0.1) is 0 Å². The molecule has 0 saturated heterocycles. The zero-order chi connectivity index (χ0) is 17.1. The number of hydrogen-bond donors (Lipinski definition) is 1. The van der Waals surface area contributed by atoms with Crippen molar-refractivity contribution in [3.63, 3.8) is 0 Å². The molecule has 0 fully saturated rings. The van der Waals surface area contributed by atoms with Gasteiger partial charge < -0.3 is 9.47 Å². The summed E-state index contributed by atoms with van der Waals surface area (Å²) in [5.74, 6) is 1.16. The molecule has 0 spiro atoms. The summed E-state index contributed by atoms with van der Waals surface area (Å²) in [6, 6.07) is 11.4. The summed E-state index contributed by atoms with van der Waals surface area (Å²) in [6.07, 6.45) is 0. The third kappa shape index (κ3) is 3.33. The fraction of sp³-hybridized carbons (Fsp3) is 0.222. The zero-order valence-corrected chi connectivity index (χ0v) is 14.6. The Labute approximate surface area is 144 Å². The highest BCUT2D eigenvalue weighted by atomic mass is 32.1. The summed E-state index contributed by atoms with van der Waals surface area (Å²) < 4.78 is 11.9. The number of aryl methyl sites for hydroxylation is 2. The third-order valence-corrected chi connectivity index (χ3v) is 4.73. The van der Waals surface area contributed by atoms with E-state index in [2.05, 4.69) is 10.3 Å². The van der Waals surface area contributed by atoms with Gasteiger partial charge in [0, 0.05) is 0 Å². The molecular formula is C18H18N2O3S. The van der Waals surface area contributed by atoms with Crippen LogP contribution in [0.2, 0.25) is 0 Å². The monoisotopic (exact) mass is 342 g/mol. The molecule has 0 unspecified atom stereocenters. The van der Waals surface area contributed by atoms with E-state index < -0.39 is 0 Å². The fourth-order valence-corrected chi connectivity index (χ4v) is 3.31. The Morgan fingerprint density at radius 3 is 2.67 bits per heavy atom. The SMILES string of the molecule is COc1ccc(C)c2sc(NC(=O)COc3ccccc3C)nc12. The predicted molar refractivity (Wildman–Crippen MR) is 96.2 cm³/mol. The van der Waals surface area contributed by atoms with Crippen LogP contribution in [-0.4, -0.2) is 24.6 Å². The molecule has 2 aromatic carbocycles. The molecule has 5 nitrogen and oxygen atoms in total. The number of hydrogen-bond acceptors (Lipinski definition) is 5. The van der Waals surface area contributed by atoms with Crippen molar-refractivity contribution in [2.24, 2.45) is 0 Å². The number of fused-ring (bicyclic) bond motifs is 1. The summed E-state index contributed by atoms with van der Waals surface area (Å²) in [4.78, 5) is 16.6. The van der Waals surface area contributed by atoms with E-state index in [-0.39, 0.29) is 12.5 Å². The maximum Gasteiger partial charge on any atom is 0.264 e. The van der Waals surface area contributed by atoms with Crippen LogP contribution in [0.4, 0.5) is 5.13 Å². The van der Waals surface area contributed by atoms with Gasteiger partial charge in [0.15, 0.2) is 11.7 Å². The lowest BCUT2D eigenvalue weighted by Crippen LogP contribution is -2.20. The molecule has 0 atom stereocenters. The first kappa shape index (κ1) is 16.3. The normalized spacial score (nSPS) is 10.6. The molecule has 0 aliphatic rings. The van der Waals surface area contributed by atoms with E-state index in [1.165, 1.54) is 11.3 Å². The van der Waals surface area contributed by atoms with Gasteiger partial charge in [-0.2, -0.15) is 0 Å². The van der Waals surface area contributed by atoms with Gasteiger partial charge in [0.2, 0.25) is 0 Å². The van der Waals surface area contributed by atoms with Gasteiger partial charge in [-0.25, -0.2) is 4.98 Å². The van der Waals surface area contributed by atoms with Crippen LogP contribution >= 0.6 is 11.3 Å². The van der Waals surface area contributed by atoms with E-state index in [0.717, 1.165) is 21.3 Å². The standard InChI is InChI=1S/C18H18N2O3S/c1-11-6-4-5-7-13(11)23-10-15(21)19-18-20-16-14(22-3)9-8-12(2)17(16)24-18/h4-9H,10H2,1-3H3,(H,19,20,21). The highest BCUT2D eigenvalue weighted by Gasteiger charge is 2.13. The van der Waals surface area contributed by atoms with Gasteiger partial charge in [-0.05, 0) is 37.1 Å². The number of amides is 1. The van der Waals surface area contributed by atoms with Crippen molar-refractivity contribution in [1.82, 2.24) is 4.98 Å². The Balaban J connectivity index is 1.72. The summed E-state index contributed by atoms with van der Waals surface area (Å²) in [5, 5.41) is 3.33. The number of carbonyl (C=O) groups is 1. The van der Waals surface area contributed by atoms with Crippen molar-refractivity contribution in [3.8, 4) is 11.5 Å². The fourth-order valence-electron chi connectivity index (χ4n) is 2.34. The molecule has 1 heterocycles. The van der Waals surface area contributed by atoms with Gasteiger partial charge in [0.1, 0.15) is 17.0 Å². The predicted octanol–water partition coefficient (Wildman–Crippen LogP) is 3.94. The number of carbonyl (C=O) groups excluding carboxylic acids is 1. The third-order valence-electron chi connectivity index (χ3n) is 3.62. The highest BCUT2D eigenvalue weighted by molar-refractivity contribution is 7.22. The minimum atomic E-state index is -0.242. The molecule has 6 heteroatoms. The van der Waals surface area contributed by atoms with Crippen molar-refractivity contribution in [2.45, 2.75) is 13.8 Å². The Kier molecular flexibility index (Phi) is 4.66. The van der Waals surface area contributed by atoms with Crippen molar-refractivity contribution in [1.29, 1.82) is 0 Å². The first-order valence-electron chi connectivity index (χ1n) is 7.51. The lowest BCUT2D eigenvalue weighted by molar-refractivity contribution is -0.118. The molecule has 1 N–H and O–H groups in total. The zero-order valence-electron chi connectivity index (χ0n) is 13.8. The van der Waals surface area contributed by atoms with Crippen molar-refractivity contribution >= 4 is 32.6 Å². The second kappa shape index (κ2) is 6.88. The largest absolute Gasteiger partial charge is 0.494 e. The number of ether oxygens (including phenoxy) is 2. The number of anilines is 1. The molecule has 24 heavy (non-hydrogen) atoms. The summed E-state index contributed by atoms with van der Waals surface area (Å²) >= 11 is 1.43. The van der Waals surface area contributed by atoms with Gasteiger partial charge in [0.05, 0.1) is 11.8 Å². The van der Waals surface area contributed by atoms with E-state index in [1.807, 2.05) is 50.2 Å². The quantitative estimate of drug-likeness (QED) is 0.763. The van der Waals surface area contributed by atoms with E-state index in [0.29, 0.717) is 16.6 Å². The molecule has 0 aliphatic carbocycles. The number of thiazole rings is 1. The molecule has 3 aromatic rings. The first-order valence-corrected chi connectivity index (χ1v) is 8.32. The van der Waals surface area contributed by atoms with Crippen LogP contribution < -0.4 is 14.8 Å². The number of nitrogens with one attached hydrogen (secondary N) is 1. The average molecular weight is 342 g/mol. The van der Waals surface area contributed by atoms with Gasteiger partial charge in [0.25, 0.3) is 5.91 Å². The number of para-hydroxylation sites is 1. The Morgan fingerprint density at radius 2 is 1.92 bits per heavy atom. The van der Waals surface area contributed by atoms with E-state index in [1.54, 1.807) is 7.11 Å². The number of rotatable bonds is 5. The molecule has 1 amide bonds. The number of methoxy groups -OCH3 is 1. The Bertz CT molecular complexity index is 889. The molecule has 0 aliphatic heterocycles. The van der Waals surface area contributed by atoms with Crippen LogP contribution in [0.15, 0.2) is 36.4 Å². The van der Waals surface area contributed by atoms with Crippen LogP contribution in [0.3, 0.4) is 0 Å². The Morgan fingerprint density at radius 1 is 1.12 bits per heavy atom. The second-order valence-corrected chi connectivity index (χ2v) is 6.38. The van der Waals surface area contributed by atoms with Gasteiger partial charge in [-0.1, -0.05) is 35.6 Å². The number of nitrogens with zero attached hydrogens (tertiary/aromatic N) is 1. The number of benzene rings is 2. The Hall–Kier alpha value is -2.60. The molecule has 1 aromatic heterocycles. The minimum absolute atomic E-state index is 0.0586. The molecular weight excluding hydrogens is 324 g/mol. The molecule has 0 saturated carbocycles. The minimum Gasteiger partial charge on any atom is -0.494 e. The van der Waals surface area contributed by atoms with E-state index in [4.69, 9.17) is 9.47 Å². The lowest BCUT2D eigenvalue weighted by atomic mass is 10.2. The van der Waals surface area contributed by atoms with E-state index >= 15 is 0 Å². The van der Waals surface area contributed by atoms with Crippen LogP contribution in [-0.2, 0) is 4.79 Å². The topological polar surface area (TPSA) is 60.5 Å². The van der Waals surface area contributed by atoms with E-state index in [9.17, 15) is 4.79 Å². The average Bonchev–Trinajstić information content (AvgIpc) is 2.99. The maximum absolute atomic E-state index is 12.1. The maximum atomic E-state index is 12.1. The van der Waals surface area contributed by atoms with Crippen LogP contribution in [0, 0.1) is 13.8 Å². The first-order chi connectivity index (χ1) is 11.6.